The van der Waals surface area contributed by atoms with Crippen molar-refractivity contribution in [2.75, 3.05) is 6.61 Å². The van der Waals surface area contributed by atoms with Gasteiger partial charge in [0.1, 0.15) is 6.61 Å². The Morgan fingerprint density at radius 2 is 2.18 bits per heavy atom. The second-order valence-electron chi connectivity index (χ2n) is 4.64. The van der Waals surface area contributed by atoms with Gasteiger partial charge in [-0.15, -0.1) is 0 Å². The fourth-order valence-electron chi connectivity index (χ4n) is 1.94. The monoisotopic (exact) mass is 243 g/mol. The van der Waals surface area contributed by atoms with Gasteiger partial charge in [-0.25, -0.2) is 0 Å². The first kappa shape index (κ1) is 14.0. The Labute approximate surface area is 102 Å². The Morgan fingerprint density at radius 3 is 2.71 bits per heavy atom. The summed E-state index contributed by atoms with van der Waals surface area (Å²) >= 11 is 0. The minimum absolute atomic E-state index is 0.0101. The largest absolute Gasteiger partial charge is 0.481 e. The number of hydrogen-bond donors (Lipinski definition) is 2. The van der Waals surface area contributed by atoms with E-state index in [1.54, 1.807) is 0 Å². The van der Waals surface area contributed by atoms with Crippen LogP contribution in [0.2, 0.25) is 0 Å². The van der Waals surface area contributed by atoms with Gasteiger partial charge in [-0.2, -0.15) is 0 Å². The van der Waals surface area contributed by atoms with Crippen molar-refractivity contribution in [1.29, 1.82) is 0 Å². The van der Waals surface area contributed by atoms with Crippen molar-refractivity contribution < 1.29 is 19.4 Å². The van der Waals surface area contributed by atoms with Crippen molar-refractivity contribution in [2.24, 2.45) is 5.92 Å². The summed E-state index contributed by atoms with van der Waals surface area (Å²) in [6.07, 6.45) is 2.87. The zero-order valence-corrected chi connectivity index (χ0v) is 10.4. The Hall–Kier alpha value is -1.10. The van der Waals surface area contributed by atoms with Crippen LogP contribution in [0.25, 0.3) is 0 Å². The second kappa shape index (κ2) is 6.59. The van der Waals surface area contributed by atoms with Crippen LogP contribution < -0.4 is 5.32 Å². The number of carboxylic acids is 1. The standard InChI is InChI=1S/C12H21NO4/c1-3-8(2)17-7-11(14)13-10-5-4-9(6-10)12(15)16/h8-10H,3-7H2,1-2H3,(H,13,14)(H,15,16)/t8?,9-,10+/m1/s1. The molecule has 98 valence electrons. The minimum Gasteiger partial charge on any atom is -0.481 e. The van der Waals surface area contributed by atoms with E-state index in [-0.39, 0.29) is 30.6 Å². The van der Waals surface area contributed by atoms with Crippen LogP contribution in [-0.2, 0) is 14.3 Å². The van der Waals surface area contributed by atoms with E-state index < -0.39 is 5.97 Å². The number of nitrogens with one attached hydrogen (secondary N) is 1. The lowest BCUT2D eigenvalue weighted by atomic mass is 10.1. The molecule has 1 fully saturated rings. The topological polar surface area (TPSA) is 75.6 Å². The molecule has 1 aliphatic carbocycles. The van der Waals surface area contributed by atoms with Crippen LogP contribution in [0.1, 0.15) is 39.5 Å². The number of hydrogen-bond acceptors (Lipinski definition) is 3. The predicted molar refractivity (Wildman–Crippen MR) is 62.6 cm³/mol. The van der Waals surface area contributed by atoms with Crippen LogP contribution in [0, 0.1) is 5.92 Å². The van der Waals surface area contributed by atoms with E-state index in [1.165, 1.54) is 0 Å². The highest BCUT2D eigenvalue weighted by Crippen LogP contribution is 2.25. The highest BCUT2D eigenvalue weighted by atomic mass is 16.5. The highest BCUT2D eigenvalue weighted by Gasteiger charge is 2.30. The molecule has 0 aliphatic heterocycles. The maximum Gasteiger partial charge on any atom is 0.306 e. The van der Waals surface area contributed by atoms with Gasteiger partial charge in [0, 0.05) is 6.04 Å². The van der Waals surface area contributed by atoms with Gasteiger partial charge >= 0.3 is 5.97 Å². The summed E-state index contributed by atoms with van der Waals surface area (Å²) in [5.41, 5.74) is 0. The van der Waals surface area contributed by atoms with Crippen LogP contribution in [0.4, 0.5) is 0 Å². The molecular formula is C12H21NO4. The first-order valence-corrected chi connectivity index (χ1v) is 6.16. The van der Waals surface area contributed by atoms with Gasteiger partial charge in [0.25, 0.3) is 0 Å². The summed E-state index contributed by atoms with van der Waals surface area (Å²) in [4.78, 5) is 22.3. The molecule has 0 saturated heterocycles. The lowest BCUT2D eigenvalue weighted by Crippen LogP contribution is -2.36. The number of carbonyl (C=O) groups excluding carboxylic acids is 1. The first-order valence-electron chi connectivity index (χ1n) is 6.16. The van der Waals surface area contributed by atoms with Crippen LogP contribution in [0.3, 0.4) is 0 Å². The summed E-state index contributed by atoms with van der Waals surface area (Å²) in [6, 6.07) is -0.0101. The molecule has 5 heteroatoms. The summed E-state index contributed by atoms with van der Waals surface area (Å²) in [7, 11) is 0. The Kier molecular flexibility index (Phi) is 5.41. The van der Waals surface area contributed by atoms with E-state index in [0.29, 0.717) is 12.8 Å². The SMILES string of the molecule is CCC(C)OCC(=O)N[C@H]1CC[C@@H](C(=O)O)C1. The number of rotatable bonds is 6. The van der Waals surface area contributed by atoms with Crippen LogP contribution in [0.15, 0.2) is 0 Å². The number of aliphatic carboxylic acids is 1. The first-order chi connectivity index (χ1) is 8.02. The molecule has 0 aromatic heterocycles. The van der Waals surface area contributed by atoms with Crippen LogP contribution in [-0.4, -0.2) is 35.7 Å². The molecule has 3 atom stereocenters. The van der Waals surface area contributed by atoms with Crippen molar-refractivity contribution in [3.8, 4) is 0 Å². The van der Waals surface area contributed by atoms with Crippen molar-refractivity contribution in [1.82, 2.24) is 5.32 Å². The molecule has 0 bridgehead atoms. The Morgan fingerprint density at radius 1 is 1.47 bits per heavy atom. The number of carboxylic acid groups (broad SMARTS) is 1. The molecule has 1 aliphatic rings. The quantitative estimate of drug-likeness (QED) is 0.734. The number of ether oxygens (including phenoxy) is 1. The lowest BCUT2D eigenvalue weighted by Gasteiger charge is -2.14. The molecular weight excluding hydrogens is 222 g/mol. The van der Waals surface area contributed by atoms with Crippen molar-refractivity contribution in [3.05, 3.63) is 0 Å². The summed E-state index contributed by atoms with van der Waals surface area (Å²) < 4.78 is 5.31. The zero-order valence-electron chi connectivity index (χ0n) is 10.4. The number of amides is 1. The maximum absolute atomic E-state index is 11.5. The van der Waals surface area contributed by atoms with E-state index >= 15 is 0 Å². The van der Waals surface area contributed by atoms with E-state index in [9.17, 15) is 9.59 Å². The van der Waals surface area contributed by atoms with Crippen LogP contribution in [0.5, 0.6) is 0 Å². The van der Waals surface area contributed by atoms with Gasteiger partial charge in [-0.05, 0) is 32.6 Å². The minimum atomic E-state index is -0.766. The van der Waals surface area contributed by atoms with Gasteiger partial charge < -0.3 is 15.2 Å². The normalized spacial score (nSPS) is 25.5. The maximum atomic E-state index is 11.5. The third kappa shape index (κ3) is 4.73. The van der Waals surface area contributed by atoms with E-state index in [1.807, 2.05) is 13.8 Å². The molecule has 1 unspecified atom stereocenters. The Bertz CT molecular complexity index is 280. The van der Waals surface area contributed by atoms with E-state index in [2.05, 4.69) is 5.32 Å². The third-order valence-corrected chi connectivity index (χ3v) is 3.22. The third-order valence-electron chi connectivity index (χ3n) is 3.22. The molecule has 0 spiro atoms. The average molecular weight is 243 g/mol. The van der Waals surface area contributed by atoms with Crippen molar-refractivity contribution in [3.63, 3.8) is 0 Å². The number of carbonyl (C=O) groups is 2. The van der Waals surface area contributed by atoms with Crippen molar-refractivity contribution >= 4 is 11.9 Å². The van der Waals surface area contributed by atoms with Gasteiger partial charge in [0.15, 0.2) is 0 Å². The predicted octanol–water partition coefficient (Wildman–Crippen LogP) is 1.17. The molecule has 0 aromatic rings. The summed E-state index contributed by atoms with van der Waals surface area (Å²) in [6.45, 7) is 3.98. The summed E-state index contributed by atoms with van der Waals surface area (Å²) in [5.74, 6) is -1.23. The summed E-state index contributed by atoms with van der Waals surface area (Å²) in [5, 5.41) is 11.7. The molecule has 5 nitrogen and oxygen atoms in total. The molecule has 2 N–H and O–H groups in total. The zero-order chi connectivity index (χ0) is 12.8. The smallest absolute Gasteiger partial charge is 0.306 e. The van der Waals surface area contributed by atoms with Gasteiger partial charge in [-0.3, -0.25) is 9.59 Å². The van der Waals surface area contributed by atoms with E-state index in [4.69, 9.17) is 9.84 Å². The fraction of sp³-hybridized carbons (Fsp3) is 0.833. The molecule has 17 heavy (non-hydrogen) atoms. The molecule has 0 heterocycles. The molecule has 1 amide bonds. The second-order valence-corrected chi connectivity index (χ2v) is 4.64. The van der Waals surface area contributed by atoms with Gasteiger partial charge in [0.2, 0.25) is 5.91 Å². The fourth-order valence-corrected chi connectivity index (χ4v) is 1.94. The van der Waals surface area contributed by atoms with Gasteiger partial charge in [-0.1, -0.05) is 6.92 Å². The van der Waals surface area contributed by atoms with Crippen molar-refractivity contribution in [2.45, 2.75) is 51.7 Å². The molecule has 0 aromatic carbocycles. The highest BCUT2D eigenvalue weighted by molar-refractivity contribution is 5.78. The van der Waals surface area contributed by atoms with Crippen LogP contribution >= 0.6 is 0 Å². The lowest BCUT2D eigenvalue weighted by molar-refractivity contribution is -0.141. The van der Waals surface area contributed by atoms with E-state index in [0.717, 1.165) is 12.8 Å². The Balaban J connectivity index is 2.22. The molecule has 0 radical (unpaired) electrons. The molecule has 1 saturated carbocycles. The average Bonchev–Trinajstić information content (AvgIpc) is 2.74. The van der Waals surface area contributed by atoms with Gasteiger partial charge in [0.05, 0.1) is 12.0 Å². The molecule has 1 rings (SSSR count).